The molecule has 7 nitrogen and oxygen atoms in total. The molecule has 216 valence electrons. The predicted octanol–water partition coefficient (Wildman–Crippen LogP) is 5.25. The third-order valence-electron chi connectivity index (χ3n) is 8.48. The Morgan fingerprint density at radius 2 is 1.59 bits per heavy atom. The maximum atomic E-state index is 13.3. The van der Waals surface area contributed by atoms with E-state index in [1.165, 1.54) is 9.87 Å². The van der Waals surface area contributed by atoms with Gasteiger partial charge in [0.2, 0.25) is 10.0 Å². The zero-order valence-corrected chi connectivity index (χ0v) is 25.3. The van der Waals surface area contributed by atoms with E-state index >= 15 is 0 Å². The van der Waals surface area contributed by atoms with Crippen molar-refractivity contribution in [1.82, 2.24) is 9.62 Å². The van der Waals surface area contributed by atoms with Gasteiger partial charge in [0.1, 0.15) is 11.4 Å². The molecule has 0 unspecified atom stereocenters. The maximum Gasteiger partial charge on any atom is 0.253 e. The van der Waals surface area contributed by atoms with Crippen molar-refractivity contribution < 1.29 is 13.2 Å². The Hall–Kier alpha value is -3.49. The van der Waals surface area contributed by atoms with Crippen molar-refractivity contribution in [1.29, 1.82) is 0 Å². The molecule has 1 fully saturated rings. The maximum absolute atomic E-state index is 13.3. The summed E-state index contributed by atoms with van der Waals surface area (Å²) >= 11 is 0. The largest absolute Gasteiger partial charge is 0.388 e. The summed E-state index contributed by atoms with van der Waals surface area (Å²) in [5.74, 6) is 0.467. The number of nitrogens with one attached hydrogen (secondary N) is 2. The van der Waals surface area contributed by atoms with Gasteiger partial charge < -0.3 is 10.6 Å². The van der Waals surface area contributed by atoms with Crippen LogP contribution in [-0.4, -0.2) is 55.9 Å². The lowest BCUT2D eigenvalue weighted by Gasteiger charge is -2.34. The zero-order valence-electron chi connectivity index (χ0n) is 24.5. The highest BCUT2D eigenvalue weighted by Gasteiger charge is 2.47. The highest BCUT2D eigenvalue weighted by molar-refractivity contribution is 7.89. The van der Waals surface area contributed by atoms with Gasteiger partial charge in [-0.2, -0.15) is 0 Å². The topological polar surface area (TPSA) is 90.9 Å². The third-order valence-corrected chi connectivity index (χ3v) is 10.4. The molecule has 0 radical (unpaired) electrons. The van der Waals surface area contributed by atoms with Crippen molar-refractivity contribution in [3.05, 3.63) is 88.5 Å². The molecule has 41 heavy (non-hydrogen) atoms. The second-order valence-corrected chi connectivity index (χ2v) is 13.4. The summed E-state index contributed by atoms with van der Waals surface area (Å²) in [7, 11) is -1.59. The van der Waals surface area contributed by atoms with E-state index in [2.05, 4.69) is 54.0 Å². The molecule has 3 aromatic carbocycles. The second-order valence-electron chi connectivity index (χ2n) is 11.3. The van der Waals surface area contributed by atoms with Crippen molar-refractivity contribution in [2.45, 2.75) is 58.4 Å². The molecule has 1 spiro atoms. The summed E-state index contributed by atoms with van der Waals surface area (Å²) in [6, 6.07) is 20.8. The molecule has 1 saturated heterocycles. The average Bonchev–Trinajstić information content (AvgIpc) is 3.28. The lowest BCUT2D eigenvalue weighted by Crippen LogP contribution is -2.50. The van der Waals surface area contributed by atoms with Crippen LogP contribution >= 0.6 is 0 Å². The van der Waals surface area contributed by atoms with Crippen LogP contribution in [0.4, 0.5) is 5.69 Å². The molecule has 8 heteroatoms. The standard InChI is InChI=1S/C33H40N4O3S/c1-5-7-25-10-12-26(13-11-25)27-8-6-9-28(22-27)31-35-32(38)33(36-31)15-17-37(18-16-33)41(39,40)19-14-30-23(2)20-29(34-4)21-24(30)3/h6,8-13,20-22,34H,5,7,14-19H2,1-4H3,(H,35,36,38). The summed E-state index contributed by atoms with van der Waals surface area (Å²) in [6.45, 7) is 6.79. The van der Waals surface area contributed by atoms with Crippen molar-refractivity contribution in [3.63, 3.8) is 0 Å². The van der Waals surface area contributed by atoms with Crippen LogP contribution < -0.4 is 10.6 Å². The van der Waals surface area contributed by atoms with Gasteiger partial charge >= 0.3 is 0 Å². The molecule has 3 aromatic rings. The molecule has 2 heterocycles. The molecule has 0 aliphatic carbocycles. The number of amides is 1. The minimum atomic E-state index is -3.47. The summed E-state index contributed by atoms with van der Waals surface area (Å²) in [5.41, 5.74) is 7.71. The first-order valence-electron chi connectivity index (χ1n) is 14.5. The van der Waals surface area contributed by atoms with Gasteiger partial charge in [0.05, 0.1) is 5.75 Å². The SMILES string of the molecule is CCCc1ccc(-c2cccc(C3=NC4(CCN(S(=O)(=O)CCc5c(C)cc(NC)cc5C)CC4)C(=O)N3)c2)cc1. The van der Waals surface area contributed by atoms with E-state index < -0.39 is 15.6 Å². The normalized spacial score (nSPS) is 17.0. The lowest BCUT2D eigenvalue weighted by atomic mass is 9.89. The first-order valence-corrected chi connectivity index (χ1v) is 16.1. The number of sulfonamides is 1. The van der Waals surface area contributed by atoms with Crippen LogP contribution in [0.5, 0.6) is 0 Å². The Balaban J connectivity index is 1.26. The van der Waals surface area contributed by atoms with E-state index in [-0.39, 0.29) is 24.7 Å². The monoisotopic (exact) mass is 572 g/mol. The van der Waals surface area contributed by atoms with Gasteiger partial charge in [0.25, 0.3) is 5.91 Å². The van der Waals surface area contributed by atoms with Gasteiger partial charge in [-0.05, 0) is 91.1 Å². The number of aryl methyl sites for hydroxylation is 3. The summed E-state index contributed by atoms with van der Waals surface area (Å²) < 4.78 is 28.1. The van der Waals surface area contributed by atoms with Crippen LogP contribution in [-0.2, 0) is 27.7 Å². The van der Waals surface area contributed by atoms with Gasteiger partial charge in [0.15, 0.2) is 0 Å². The fourth-order valence-electron chi connectivity index (χ4n) is 6.02. The van der Waals surface area contributed by atoms with Gasteiger partial charge in [-0.15, -0.1) is 0 Å². The Morgan fingerprint density at radius 3 is 2.22 bits per heavy atom. The lowest BCUT2D eigenvalue weighted by molar-refractivity contribution is -0.124. The molecule has 5 rings (SSSR count). The van der Waals surface area contributed by atoms with Crippen LogP contribution in [0.3, 0.4) is 0 Å². The minimum Gasteiger partial charge on any atom is -0.388 e. The number of aliphatic imine (C=N–C) groups is 1. The summed E-state index contributed by atoms with van der Waals surface area (Å²) in [5, 5.41) is 6.14. The summed E-state index contributed by atoms with van der Waals surface area (Å²) in [4.78, 5) is 18.1. The number of anilines is 1. The Kier molecular flexibility index (Phi) is 8.34. The highest BCUT2D eigenvalue weighted by Crippen LogP contribution is 2.33. The van der Waals surface area contributed by atoms with E-state index in [1.54, 1.807) is 0 Å². The van der Waals surface area contributed by atoms with E-state index in [9.17, 15) is 13.2 Å². The van der Waals surface area contributed by atoms with Crippen LogP contribution in [0.25, 0.3) is 11.1 Å². The van der Waals surface area contributed by atoms with E-state index in [0.717, 1.165) is 51.9 Å². The smallest absolute Gasteiger partial charge is 0.253 e. The first-order chi connectivity index (χ1) is 19.6. The molecular formula is C33H40N4O3S. The highest BCUT2D eigenvalue weighted by atomic mass is 32.2. The van der Waals surface area contributed by atoms with Gasteiger partial charge in [-0.25, -0.2) is 12.7 Å². The fraction of sp³-hybridized carbons (Fsp3) is 0.394. The molecule has 0 atom stereocenters. The average molecular weight is 573 g/mol. The minimum absolute atomic E-state index is 0.0491. The van der Waals surface area contributed by atoms with Crippen LogP contribution in [0.1, 0.15) is 54.0 Å². The van der Waals surface area contributed by atoms with Crippen molar-refractivity contribution >= 4 is 27.5 Å². The molecule has 1 amide bonds. The summed E-state index contributed by atoms with van der Waals surface area (Å²) in [6.07, 6.45) is 3.38. The molecule has 2 aliphatic rings. The molecule has 0 bridgehead atoms. The number of benzene rings is 3. The van der Waals surface area contributed by atoms with Gasteiger partial charge in [0, 0.05) is 31.4 Å². The van der Waals surface area contributed by atoms with E-state index in [0.29, 0.717) is 25.1 Å². The van der Waals surface area contributed by atoms with Gasteiger partial charge in [-0.3, -0.25) is 9.79 Å². The first kappa shape index (κ1) is 29.0. The molecular weight excluding hydrogens is 532 g/mol. The Morgan fingerprint density at radius 1 is 0.927 bits per heavy atom. The predicted molar refractivity (Wildman–Crippen MR) is 167 cm³/mol. The fourth-order valence-corrected chi connectivity index (χ4v) is 7.48. The molecule has 2 aliphatic heterocycles. The molecule has 2 N–H and O–H groups in total. The van der Waals surface area contributed by atoms with Crippen molar-refractivity contribution in [2.24, 2.45) is 4.99 Å². The van der Waals surface area contributed by atoms with E-state index in [4.69, 9.17) is 4.99 Å². The van der Waals surface area contributed by atoms with Gasteiger partial charge in [-0.1, -0.05) is 55.8 Å². The van der Waals surface area contributed by atoms with Crippen molar-refractivity contribution in [2.75, 3.05) is 31.2 Å². The zero-order chi connectivity index (χ0) is 29.2. The number of piperidine rings is 1. The Labute approximate surface area is 244 Å². The number of hydrogen-bond acceptors (Lipinski definition) is 5. The number of carbonyl (C=O) groups excluding carboxylic acids is 1. The van der Waals surface area contributed by atoms with Crippen LogP contribution in [0.2, 0.25) is 0 Å². The number of nitrogens with zero attached hydrogens (tertiary/aromatic N) is 2. The number of hydrogen-bond donors (Lipinski definition) is 2. The number of rotatable bonds is 9. The van der Waals surface area contributed by atoms with Crippen LogP contribution in [0, 0.1) is 13.8 Å². The number of carbonyl (C=O) groups is 1. The molecule has 0 aromatic heterocycles. The molecule has 0 saturated carbocycles. The second kappa shape index (κ2) is 11.8. The number of amidine groups is 1. The van der Waals surface area contributed by atoms with E-state index in [1.807, 2.05) is 45.2 Å². The third kappa shape index (κ3) is 6.09. The Bertz CT molecular complexity index is 1550. The quantitative estimate of drug-likeness (QED) is 0.367. The van der Waals surface area contributed by atoms with Crippen molar-refractivity contribution in [3.8, 4) is 11.1 Å². The van der Waals surface area contributed by atoms with Crippen LogP contribution in [0.15, 0.2) is 65.7 Å².